The van der Waals surface area contributed by atoms with Gasteiger partial charge in [0, 0.05) is 26.7 Å². The normalized spacial score (nSPS) is 19.7. The summed E-state index contributed by atoms with van der Waals surface area (Å²) in [5.74, 6) is 0. The minimum Gasteiger partial charge on any atom is -0.393 e. The van der Waals surface area contributed by atoms with E-state index < -0.39 is 0 Å². The molecule has 0 aliphatic carbocycles. The summed E-state index contributed by atoms with van der Waals surface area (Å²) in [5, 5.41) is 13.7. The average Bonchev–Trinajstić information content (AvgIpc) is 2.49. The molecule has 1 aliphatic heterocycles. The molecule has 1 aromatic heterocycles. The molecular formula is C11H19N3O. The van der Waals surface area contributed by atoms with E-state index in [2.05, 4.69) is 16.1 Å². The van der Waals surface area contributed by atoms with Crippen molar-refractivity contribution in [1.82, 2.24) is 14.7 Å². The van der Waals surface area contributed by atoms with Crippen LogP contribution in [0.4, 0.5) is 0 Å². The number of hydrogen-bond acceptors (Lipinski definition) is 3. The zero-order valence-electron chi connectivity index (χ0n) is 9.48. The predicted octanol–water partition coefficient (Wildman–Crippen LogP) is 0.685. The Labute approximate surface area is 90.5 Å². The van der Waals surface area contributed by atoms with Crippen LogP contribution in [0.3, 0.4) is 0 Å². The molecule has 84 valence electrons. The van der Waals surface area contributed by atoms with Crippen molar-refractivity contribution in [1.29, 1.82) is 0 Å². The fourth-order valence-electron chi connectivity index (χ4n) is 2.12. The minimum absolute atomic E-state index is 0.0884. The summed E-state index contributed by atoms with van der Waals surface area (Å²) in [6.07, 6.45) is 1.71. The van der Waals surface area contributed by atoms with Crippen LogP contribution in [0.2, 0.25) is 0 Å². The molecule has 1 aliphatic rings. The molecule has 15 heavy (non-hydrogen) atoms. The second-order valence-electron chi connectivity index (χ2n) is 4.41. The highest BCUT2D eigenvalue weighted by atomic mass is 16.3. The Bertz CT molecular complexity index is 327. The number of aryl methyl sites for hydroxylation is 2. The molecule has 4 heteroatoms. The molecule has 0 amide bonds. The summed E-state index contributed by atoms with van der Waals surface area (Å²) in [6, 6.07) is 2.13. The third-order valence-electron chi connectivity index (χ3n) is 3.04. The smallest absolute Gasteiger partial charge is 0.0597 e. The second kappa shape index (κ2) is 4.33. The van der Waals surface area contributed by atoms with Crippen molar-refractivity contribution in [3.8, 4) is 0 Å². The molecule has 0 spiro atoms. The van der Waals surface area contributed by atoms with Gasteiger partial charge < -0.3 is 5.11 Å². The van der Waals surface area contributed by atoms with E-state index in [0.717, 1.165) is 38.2 Å². The topological polar surface area (TPSA) is 41.3 Å². The first-order valence-electron chi connectivity index (χ1n) is 5.55. The molecule has 0 aromatic carbocycles. The van der Waals surface area contributed by atoms with Gasteiger partial charge in [-0.15, -0.1) is 0 Å². The number of piperidine rings is 1. The highest BCUT2D eigenvalue weighted by Crippen LogP contribution is 2.13. The Morgan fingerprint density at radius 3 is 2.67 bits per heavy atom. The molecule has 1 aromatic rings. The third-order valence-corrected chi connectivity index (χ3v) is 3.04. The van der Waals surface area contributed by atoms with E-state index in [0.29, 0.717) is 0 Å². The first kappa shape index (κ1) is 10.6. The van der Waals surface area contributed by atoms with Crippen LogP contribution in [0.1, 0.15) is 24.2 Å². The molecule has 4 nitrogen and oxygen atoms in total. The molecular weight excluding hydrogens is 190 g/mol. The van der Waals surface area contributed by atoms with Gasteiger partial charge in [0.15, 0.2) is 0 Å². The Hall–Kier alpha value is -0.870. The Morgan fingerprint density at radius 1 is 1.47 bits per heavy atom. The van der Waals surface area contributed by atoms with E-state index in [9.17, 15) is 5.11 Å². The van der Waals surface area contributed by atoms with Gasteiger partial charge in [0.25, 0.3) is 0 Å². The number of likely N-dealkylation sites (tertiary alicyclic amines) is 1. The van der Waals surface area contributed by atoms with Gasteiger partial charge in [0.1, 0.15) is 0 Å². The first-order valence-corrected chi connectivity index (χ1v) is 5.55. The number of aromatic nitrogens is 2. The molecule has 2 heterocycles. The summed E-state index contributed by atoms with van der Waals surface area (Å²) >= 11 is 0. The van der Waals surface area contributed by atoms with Crippen LogP contribution in [0.25, 0.3) is 0 Å². The minimum atomic E-state index is -0.0884. The lowest BCUT2D eigenvalue weighted by molar-refractivity contribution is 0.0781. The molecule has 0 unspecified atom stereocenters. The third kappa shape index (κ3) is 2.58. The van der Waals surface area contributed by atoms with Gasteiger partial charge in [0.2, 0.25) is 0 Å². The van der Waals surface area contributed by atoms with E-state index in [4.69, 9.17) is 0 Å². The molecule has 0 radical (unpaired) electrons. The van der Waals surface area contributed by atoms with Crippen LogP contribution >= 0.6 is 0 Å². The van der Waals surface area contributed by atoms with Crippen LogP contribution in [0.15, 0.2) is 6.07 Å². The van der Waals surface area contributed by atoms with Crippen molar-refractivity contribution < 1.29 is 5.11 Å². The van der Waals surface area contributed by atoms with E-state index >= 15 is 0 Å². The fraction of sp³-hybridized carbons (Fsp3) is 0.727. The van der Waals surface area contributed by atoms with E-state index in [1.165, 1.54) is 5.69 Å². The van der Waals surface area contributed by atoms with Gasteiger partial charge in [0.05, 0.1) is 17.5 Å². The summed E-state index contributed by atoms with van der Waals surface area (Å²) < 4.78 is 1.94. The number of aliphatic hydroxyl groups excluding tert-OH is 1. The Balaban J connectivity index is 1.94. The zero-order chi connectivity index (χ0) is 10.8. The lowest BCUT2D eigenvalue weighted by Crippen LogP contribution is -2.35. The Morgan fingerprint density at radius 2 is 2.13 bits per heavy atom. The largest absolute Gasteiger partial charge is 0.393 e. The summed E-state index contributed by atoms with van der Waals surface area (Å²) in [7, 11) is 1.99. The van der Waals surface area contributed by atoms with Gasteiger partial charge in [-0.05, 0) is 25.8 Å². The Kier molecular flexibility index (Phi) is 3.07. The van der Waals surface area contributed by atoms with Gasteiger partial charge in [-0.1, -0.05) is 0 Å². The number of aliphatic hydroxyl groups is 1. The van der Waals surface area contributed by atoms with E-state index in [-0.39, 0.29) is 6.10 Å². The van der Waals surface area contributed by atoms with Crippen LogP contribution < -0.4 is 0 Å². The highest BCUT2D eigenvalue weighted by molar-refractivity contribution is 5.08. The summed E-state index contributed by atoms with van der Waals surface area (Å²) in [6.45, 7) is 4.95. The van der Waals surface area contributed by atoms with Gasteiger partial charge >= 0.3 is 0 Å². The summed E-state index contributed by atoms with van der Waals surface area (Å²) in [4.78, 5) is 2.38. The predicted molar refractivity (Wildman–Crippen MR) is 58.5 cm³/mol. The number of rotatable bonds is 2. The molecule has 0 bridgehead atoms. The summed E-state index contributed by atoms with van der Waals surface area (Å²) in [5.41, 5.74) is 2.33. The van der Waals surface area contributed by atoms with Gasteiger partial charge in [-0.2, -0.15) is 5.10 Å². The maximum atomic E-state index is 9.41. The molecule has 2 rings (SSSR count). The first-order chi connectivity index (χ1) is 7.15. The van der Waals surface area contributed by atoms with Crippen LogP contribution in [-0.2, 0) is 13.6 Å². The highest BCUT2D eigenvalue weighted by Gasteiger charge is 2.17. The maximum Gasteiger partial charge on any atom is 0.0597 e. The fourth-order valence-corrected chi connectivity index (χ4v) is 2.12. The average molecular weight is 209 g/mol. The number of hydrogen-bond donors (Lipinski definition) is 1. The van der Waals surface area contributed by atoms with E-state index in [1.807, 2.05) is 18.7 Å². The monoisotopic (exact) mass is 209 g/mol. The van der Waals surface area contributed by atoms with Crippen molar-refractivity contribution in [3.05, 3.63) is 17.5 Å². The van der Waals surface area contributed by atoms with Crippen molar-refractivity contribution >= 4 is 0 Å². The van der Waals surface area contributed by atoms with Crippen molar-refractivity contribution in [2.24, 2.45) is 7.05 Å². The zero-order valence-corrected chi connectivity index (χ0v) is 9.48. The van der Waals surface area contributed by atoms with Gasteiger partial charge in [-0.25, -0.2) is 0 Å². The molecule has 1 fully saturated rings. The maximum absolute atomic E-state index is 9.41. The van der Waals surface area contributed by atoms with Crippen molar-refractivity contribution in [2.75, 3.05) is 13.1 Å². The molecule has 0 atom stereocenters. The quantitative estimate of drug-likeness (QED) is 0.779. The SMILES string of the molecule is Cc1cc(CN2CCC(O)CC2)n(C)n1. The lowest BCUT2D eigenvalue weighted by atomic mass is 10.1. The molecule has 1 saturated heterocycles. The van der Waals surface area contributed by atoms with Crippen LogP contribution in [0.5, 0.6) is 0 Å². The van der Waals surface area contributed by atoms with Gasteiger partial charge in [-0.3, -0.25) is 9.58 Å². The lowest BCUT2D eigenvalue weighted by Gasteiger charge is -2.29. The van der Waals surface area contributed by atoms with Crippen LogP contribution in [-0.4, -0.2) is 39.0 Å². The van der Waals surface area contributed by atoms with E-state index in [1.54, 1.807) is 0 Å². The molecule has 0 saturated carbocycles. The standard InChI is InChI=1S/C11H19N3O/c1-9-7-10(13(2)12-9)8-14-5-3-11(15)4-6-14/h7,11,15H,3-6,8H2,1-2H3. The van der Waals surface area contributed by atoms with Crippen molar-refractivity contribution in [2.45, 2.75) is 32.4 Å². The van der Waals surface area contributed by atoms with Crippen molar-refractivity contribution in [3.63, 3.8) is 0 Å². The number of nitrogens with zero attached hydrogens (tertiary/aromatic N) is 3. The molecule has 1 N–H and O–H groups in total. The second-order valence-corrected chi connectivity index (χ2v) is 4.41. The van der Waals surface area contributed by atoms with Crippen LogP contribution in [0, 0.1) is 6.92 Å².